The zero-order valence-corrected chi connectivity index (χ0v) is 10.6. The first-order valence-corrected chi connectivity index (χ1v) is 6.63. The van der Waals surface area contributed by atoms with Gasteiger partial charge in [0.25, 0.3) is 0 Å². The van der Waals surface area contributed by atoms with E-state index in [4.69, 9.17) is 0 Å². The van der Waals surface area contributed by atoms with Crippen LogP contribution in [0.2, 0.25) is 0 Å². The molecule has 2 saturated carbocycles. The van der Waals surface area contributed by atoms with E-state index in [1.807, 2.05) is 0 Å². The lowest BCUT2D eigenvalue weighted by molar-refractivity contribution is -0.138. The van der Waals surface area contributed by atoms with E-state index in [1.165, 1.54) is 25.7 Å². The van der Waals surface area contributed by atoms with Crippen LogP contribution in [0.4, 0.5) is 0 Å². The molecule has 4 bridgehead atoms. The summed E-state index contributed by atoms with van der Waals surface area (Å²) >= 11 is 0. The molecule has 4 atom stereocenters. The molecule has 0 heterocycles. The molecule has 0 N–H and O–H groups in total. The Labute approximate surface area is 94.1 Å². The number of allylic oxidation sites excluding steroid dienone is 2. The Hall–Kier alpha value is -0.260. The van der Waals surface area contributed by atoms with Crippen molar-refractivity contribution >= 4 is 0 Å². The normalized spacial score (nSPS) is 51.5. The number of hydrogen-bond donors (Lipinski definition) is 0. The van der Waals surface area contributed by atoms with Gasteiger partial charge in [0, 0.05) is 0 Å². The van der Waals surface area contributed by atoms with Gasteiger partial charge in [-0.25, -0.2) is 0 Å². The number of fused-ring (bicyclic) bond motifs is 1. The molecule has 15 heavy (non-hydrogen) atoms. The molecule has 0 radical (unpaired) electrons. The van der Waals surface area contributed by atoms with E-state index in [-0.39, 0.29) is 0 Å². The Balaban J connectivity index is 2.06. The predicted octanol–water partition coefficient (Wildman–Crippen LogP) is 4.42. The second-order valence-electron chi connectivity index (χ2n) is 7.14. The van der Waals surface area contributed by atoms with Crippen LogP contribution < -0.4 is 0 Å². The molecular formula is C15H24. The van der Waals surface area contributed by atoms with E-state index in [2.05, 4.69) is 33.8 Å². The third-order valence-corrected chi connectivity index (χ3v) is 5.97. The van der Waals surface area contributed by atoms with E-state index >= 15 is 0 Å². The molecule has 4 rings (SSSR count). The molecule has 0 heteroatoms. The third kappa shape index (κ3) is 1.04. The van der Waals surface area contributed by atoms with E-state index in [0.717, 1.165) is 17.8 Å². The summed E-state index contributed by atoms with van der Waals surface area (Å²) < 4.78 is 0. The molecule has 2 fully saturated rings. The SMILES string of the molecule is CC1=CC[C@@H]2[C@@H]3[C@H]1[C@]2(C)CCCC3(C)C. The molecule has 0 aromatic heterocycles. The molecule has 4 aliphatic rings. The van der Waals surface area contributed by atoms with Crippen LogP contribution in [0.1, 0.15) is 53.4 Å². The smallest absolute Gasteiger partial charge is 0.0113 e. The van der Waals surface area contributed by atoms with Crippen LogP contribution in [0.15, 0.2) is 11.6 Å². The van der Waals surface area contributed by atoms with Crippen LogP contribution in [-0.4, -0.2) is 0 Å². The Morgan fingerprint density at radius 1 is 1.20 bits per heavy atom. The van der Waals surface area contributed by atoms with Gasteiger partial charge in [0.05, 0.1) is 0 Å². The Morgan fingerprint density at radius 3 is 2.60 bits per heavy atom. The molecule has 0 amide bonds. The number of rotatable bonds is 0. The average molecular weight is 204 g/mol. The van der Waals surface area contributed by atoms with Gasteiger partial charge in [-0.05, 0) is 54.8 Å². The molecule has 0 aliphatic heterocycles. The largest absolute Gasteiger partial charge is 0.0850 e. The topological polar surface area (TPSA) is 0 Å². The molecule has 84 valence electrons. The second-order valence-corrected chi connectivity index (χ2v) is 7.14. The molecule has 0 spiro atoms. The Morgan fingerprint density at radius 2 is 1.93 bits per heavy atom. The van der Waals surface area contributed by atoms with Crippen molar-refractivity contribution in [3.05, 3.63) is 11.6 Å². The quantitative estimate of drug-likeness (QED) is 0.513. The Kier molecular flexibility index (Phi) is 1.79. The van der Waals surface area contributed by atoms with Crippen LogP contribution in [0.5, 0.6) is 0 Å². The highest BCUT2D eigenvalue weighted by Crippen LogP contribution is 2.72. The van der Waals surface area contributed by atoms with Gasteiger partial charge in [-0.2, -0.15) is 0 Å². The van der Waals surface area contributed by atoms with E-state index in [9.17, 15) is 0 Å². The van der Waals surface area contributed by atoms with E-state index in [0.29, 0.717) is 10.8 Å². The van der Waals surface area contributed by atoms with Crippen LogP contribution in [0.3, 0.4) is 0 Å². The van der Waals surface area contributed by atoms with Crippen LogP contribution >= 0.6 is 0 Å². The summed E-state index contributed by atoms with van der Waals surface area (Å²) in [6.07, 6.45) is 8.28. The van der Waals surface area contributed by atoms with Gasteiger partial charge < -0.3 is 0 Å². The van der Waals surface area contributed by atoms with Crippen molar-refractivity contribution in [2.75, 3.05) is 0 Å². The van der Waals surface area contributed by atoms with Crippen molar-refractivity contribution in [2.24, 2.45) is 28.6 Å². The fourth-order valence-corrected chi connectivity index (χ4v) is 5.25. The van der Waals surface area contributed by atoms with Crippen molar-refractivity contribution in [2.45, 2.75) is 53.4 Å². The first-order chi connectivity index (χ1) is 6.97. The minimum atomic E-state index is 0.598. The van der Waals surface area contributed by atoms with E-state index in [1.54, 1.807) is 5.57 Å². The summed E-state index contributed by atoms with van der Waals surface area (Å²) in [5, 5.41) is 0. The minimum absolute atomic E-state index is 0.598. The molecule has 0 aromatic rings. The summed E-state index contributed by atoms with van der Waals surface area (Å²) in [6.45, 7) is 9.98. The highest BCUT2D eigenvalue weighted by atomic mass is 14.7. The van der Waals surface area contributed by atoms with E-state index < -0.39 is 0 Å². The third-order valence-electron chi connectivity index (χ3n) is 5.97. The first kappa shape index (κ1) is 9.93. The van der Waals surface area contributed by atoms with Gasteiger partial charge in [0.2, 0.25) is 0 Å². The van der Waals surface area contributed by atoms with Gasteiger partial charge in [0.15, 0.2) is 0 Å². The molecule has 0 aromatic carbocycles. The minimum Gasteiger partial charge on any atom is -0.0850 e. The molecule has 4 aliphatic carbocycles. The van der Waals surface area contributed by atoms with Crippen molar-refractivity contribution in [1.82, 2.24) is 0 Å². The van der Waals surface area contributed by atoms with Gasteiger partial charge >= 0.3 is 0 Å². The van der Waals surface area contributed by atoms with Gasteiger partial charge in [-0.3, -0.25) is 0 Å². The molecule has 0 nitrogen and oxygen atoms in total. The Bertz CT molecular complexity index is 323. The maximum atomic E-state index is 2.57. The fourth-order valence-electron chi connectivity index (χ4n) is 5.25. The molecular weight excluding hydrogens is 180 g/mol. The van der Waals surface area contributed by atoms with Crippen molar-refractivity contribution in [3.63, 3.8) is 0 Å². The first-order valence-electron chi connectivity index (χ1n) is 6.63. The van der Waals surface area contributed by atoms with Crippen LogP contribution in [0, 0.1) is 28.6 Å². The highest BCUT2D eigenvalue weighted by molar-refractivity contribution is 5.28. The monoisotopic (exact) mass is 204 g/mol. The van der Waals surface area contributed by atoms with Crippen LogP contribution in [0.25, 0.3) is 0 Å². The van der Waals surface area contributed by atoms with Crippen molar-refractivity contribution < 1.29 is 0 Å². The lowest BCUT2D eigenvalue weighted by Crippen LogP contribution is -2.60. The maximum absolute atomic E-state index is 2.57. The zero-order valence-electron chi connectivity index (χ0n) is 10.6. The summed E-state index contributed by atoms with van der Waals surface area (Å²) in [5.74, 6) is 2.92. The maximum Gasteiger partial charge on any atom is -0.0113 e. The zero-order chi connectivity index (χ0) is 10.8. The fraction of sp³-hybridized carbons (Fsp3) is 0.867. The van der Waals surface area contributed by atoms with Crippen molar-refractivity contribution in [1.29, 1.82) is 0 Å². The highest BCUT2D eigenvalue weighted by Gasteiger charge is 2.64. The lowest BCUT2D eigenvalue weighted by atomic mass is 9.38. The summed E-state index contributed by atoms with van der Waals surface area (Å²) in [6, 6.07) is 0. The summed E-state index contributed by atoms with van der Waals surface area (Å²) in [4.78, 5) is 0. The summed E-state index contributed by atoms with van der Waals surface area (Å²) in [5.41, 5.74) is 2.98. The standard InChI is InChI=1S/C15H24/c1-10-6-7-11-13-12(10)15(11,4)9-5-8-14(13,2)3/h6,11-13H,5,7-9H2,1-4H3/t11-,12+,13-,15-/m1/s1. The summed E-state index contributed by atoms with van der Waals surface area (Å²) in [7, 11) is 0. The van der Waals surface area contributed by atoms with Gasteiger partial charge in [-0.15, -0.1) is 0 Å². The van der Waals surface area contributed by atoms with Gasteiger partial charge in [0.1, 0.15) is 0 Å². The molecule has 0 unspecified atom stereocenters. The molecule has 0 saturated heterocycles. The number of hydrogen-bond acceptors (Lipinski definition) is 0. The van der Waals surface area contributed by atoms with Crippen molar-refractivity contribution in [3.8, 4) is 0 Å². The average Bonchev–Trinajstić information content (AvgIpc) is 2.30. The van der Waals surface area contributed by atoms with Gasteiger partial charge in [-0.1, -0.05) is 38.8 Å². The second kappa shape index (κ2) is 2.70. The van der Waals surface area contributed by atoms with Crippen LogP contribution in [-0.2, 0) is 0 Å². The lowest BCUT2D eigenvalue weighted by Gasteiger charge is -2.66. The predicted molar refractivity (Wildman–Crippen MR) is 64.6 cm³/mol.